The normalized spacial score (nSPS) is 20.1. The van der Waals surface area contributed by atoms with Gasteiger partial charge in [-0.15, -0.1) is 0 Å². The number of para-hydroxylation sites is 1. The van der Waals surface area contributed by atoms with Crippen LogP contribution in [0, 0.1) is 0 Å². The maximum atomic E-state index is 11.4. The van der Waals surface area contributed by atoms with Gasteiger partial charge in [-0.2, -0.15) is 0 Å². The fraction of sp³-hybridized carbons (Fsp3) is 0.417. The molecule has 80 valence electrons. The molecular weight excluding hydrogens is 190 g/mol. The van der Waals surface area contributed by atoms with Crippen LogP contribution in [-0.2, 0) is 11.3 Å². The van der Waals surface area contributed by atoms with Crippen molar-refractivity contribution in [2.24, 2.45) is 0 Å². The average molecular weight is 205 g/mol. The van der Waals surface area contributed by atoms with E-state index in [0.717, 1.165) is 11.3 Å². The smallest absolute Gasteiger partial charge is 0.219 e. The van der Waals surface area contributed by atoms with Gasteiger partial charge < -0.3 is 9.64 Å². The highest BCUT2D eigenvalue weighted by molar-refractivity contribution is 5.73. The summed E-state index contributed by atoms with van der Waals surface area (Å²) in [4.78, 5) is 13.2. The lowest BCUT2D eigenvalue weighted by molar-refractivity contribution is -0.130. The third-order valence-corrected chi connectivity index (χ3v) is 2.58. The molecule has 0 saturated heterocycles. The molecule has 3 nitrogen and oxygen atoms in total. The monoisotopic (exact) mass is 205 g/mol. The Labute approximate surface area is 89.7 Å². The fourth-order valence-electron chi connectivity index (χ4n) is 1.82. The summed E-state index contributed by atoms with van der Waals surface area (Å²) in [6.45, 7) is 4.89. The van der Waals surface area contributed by atoms with Crippen LogP contribution in [0.5, 0.6) is 5.75 Å². The summed E-state index contributed by atoms with van der Waals surface area (Å²) >= 11 is 0. The molecule has 0 bridgehead atoms. The second-order valence-corrected chi connectivity index (χ2v) is 3.94. The highest BCUT2D eigenvalue weighted by Crippen LogP contribution is 2.24. The summed E-state index contributed by atoms with van der Waals surface area (Å²) in [6, 6.07) is 7.88. The first kappa shape index (κ1) is 10.0. The first-order valence-corrected chi connectivity index (χ1v) is 5.17. The highest BCUT2D eigenvalue weighted by Gasteiger charge is 2.20. The summed E-state index contributed by atoms with van der Waals surface area (Å²) in [5.41, 5.74) is 1.08. The van der Waals surface area contributed by atoms with Gasteiger partial charge in [0.05, 0.1) is 6.54 Å². The van der Waals surface area contributed by atoms with Gasteiger partial charge in [-0.25, -0.2) is 0 Å². The van der Waals surface area contributed by atoms with Crippen molar-refractivity contribution in [3.8, 4) is 5.75 Å². The molecule has 3 heteroatoms. The highest BCUT2D eigenvalue weighted by atomic mass is 16.5. The molecule has 0 aromatic heterocycles. The van der Waals surface area contributed by atoms with Gasteiger partial charge in [0.15, 0.2) is 0 Å². The van der Waals surface area contributed by atoms with E-state index < -0.39 is 0 Å². The molecule has 0 N–H and O–H groups in total. The molecule has 0 saturated carbocycles. The van der Waals surface area contributed by atoms with Gasteiger partial charge in [-0.1, -0.05) is 18.2 Å². The van der Waals surface area contributed by atoms with Gasteiger partial charge in [0.2, 0.25) is 5.91 Å². The maximum absolute atomic E-state index is 11.4. The van der Waals surface area contributed by atoms with Gasteiger partial charge in [-0.05, 0) is 13.0 Å². The maximum Gasteiger partial charge on any atom is 0.219 e. The number of ether oxygens (including phenoxy) is 1. The Bertz CT molecular complexity index is 376. The third kappa shape index (κ3) is 2.12. The van der Waals surface area contributed by atoms with E-state index >= 15 is 0 Å². The Kier molecular flexibility index (Phi) is 2.62. The minimum Gasteiger partial charge on any atom is -0.489 e. The SMILES string of the molecule is CC(=O)N1Cc2ccccc2OC(C)C1. The minimum atomic E-state index is 0.0533. The zero-order valence-corrected chi connectivity index (χ0v) is 9.06. The zero-order chi connectivity index (χ0) is 10.8. The van der Waals surface area contributed by atoms with E-state index in [1.165, 1.54) is 0 Å². The number of amides is 1. The molecule has 1 aliphatic rings. The molecule has 1 atom stereocenters. The Morgan fingerprint density at radius 3 is 2.93 bits per heavy atom. The molecule has 0 fully saturated rings. The number of hydrogen-bond donors (Lipinski definition) is 0. The van der Waals surface area contributed by atoms with Gasteiger partial charge in [-0.3, -0.25) is 4.79 Å². The fourth-order valence-corrected chi connectivity index (χ4v) is 1.82. The standard InChI is InChI=1S/C12H15NO2/c1-9-7-13(10(2)14)8-11-5-3-4-6-12(11)15-9/h3-6,9H,7-8H2,1-2H3. The van der Waals surface area contributed by atoms with E-state index in [9.17, 15) is 4.79 Å². The summed E-state index contributed by atoms with van der Waals surface area (Å²) in [6.07, 6.45) is 0.0533. The van der Waals surface area contributed by atoms with Crippen LogP contribution in [0.2, 0.25) is 0 Å². The van der Waals surface area contributed by atoms with E-state index in [1.54, 1.807) is 6.92 Å². The Morgan fingerprint density at radius 1 is 1.47 bits per heavy atom. The predicted octanol–water partition coefficient (Wildman–Crippen LogP) is 1.82. The summed E-state index contributed by atoms with van der Waals surface area (Å²) in [5, 5.41) is 0. The van der Waals surface area contributed by atoms with Gasteiger partial charge in [0.1, 0.15) is 11.9 Å². The largest absolute Gasteiger partial charge is 0.489 e. The van der Waals surface area contributed by atoms with Crippen molar-refractivity contribution >= 4 is 5.91 Å². The molecule has 2 rings (SSSR count). The quantitative estimate of drug-likeness (QED) is 0.646. The molecule has 0 radical (unpaired) electrons. The number of hydrogen-bond acceptors (Lipinski definition) is 2. The second-order valence-electron chi connectivity index (χ2n) is 3.94. The molecule has 1 heterocycles. The van der Waals surface area contributed by atoms with E-state index in [0.29, 0.717) is 13.1 Å². The summed E-state index contributed by atoms with van der Waals surface area (Å²) in [7, 11) is 0. The van der Waals surface area contributed by atoms with Crippen LogP contribution < -0.4 is 4.74 Å². The predicted molar refractivity (Wildman–Crippen MR) is 57.6 cm³/mol. The van der Waals surface area contributed by atoms with Crippen LogP contribution in [0.1, 0.15) is 19.4 Å². The van der Waals surface area contributed by atoms with E-state index in [1.807, 2.05) is 36.1 Å². The lowest BCUT2D eigenvalue weighted by atomic mass is 10.2. The Morgan fingerprint density at radius 2 is 2.20 bits per heavy atom. The summed E-state index contributed by atoms with van der Waals surface area (Å²) in [5.74, 6) is 0.996. The number of benzene rings is 1. The molecule has 1 unspecified atom stereocenters. The first-order chi connectivity index (χ1) is 7.16. The number of fused-ring (bicyclic) bond motifs is 1. The Balaban J connectivity index is 2.31. The van der Waals surface area contributed by atoms with E-state index in [4.69, 9.17) is 4.74 Å². The van der Waals surface area contributed by atoms with Crippen molar-refractivity contribution in [3.05, 3.63) is 29.8 Å². The number of carbonyl (C=O) groups is 1. The molecule has 1 aromatic rings. The lowest BCUT2D eigenvalue weighted by Gasteiger charge is -2.20. The molecule has 0 spiro atoms. The third-order valence-electron chi connectivity index (χ3n) is 2.58. The van der Waals surface area contributed by atoms with Crippen molar-refractivity contribution in [2.75, 3.05) is 6.54 Å². The molecule has 15 heavy (non-hydrogen) atoms. The minimum absolute atomic E-state index is 0.0533. The van der Waals surface area contributed by atoms with Crippen LogP contribution in [-0.4, -0.2) is 23.5 Å². The van der Waals surface area contributed by atoms with Gasteiger partial charge in [0.25, 0.3) is 0 Å². The summed E-state index contributed by atoms with van der Waals surface area (Å²) < 4.78 is 5.74. The zero-order valence-electron chi connectivity index (χ0n) is 9.06. The second kappa shape index (κ2) is 3.93. The van der Waals surface area contributed by atoms with Gasteiger partial charge in [0, 0.05) is 19.0 Å². The van der Waals surface area contributed by atoms with Crippen molar-refractivity contribution in [2.45, 2.75) is 26.5 Å². The van der Waals surface area contributed by atoms with Crippen LogP contribution in [0.15, 0.2) is 24.3 Å². The topological polar surface area (TPSA) is 29.5 Å². The molecule has 1 aliphatic heterocycles. The molecule has 1 amide bonds. The number of carbonyl (C=O) groups excluding carboxylic acids is 1. The molecular formula is C12H15NO2. The molecule has 0 aliphatic carbocycles. The van der Waals surface area contributed by atoms with Crippen LogP contribution in [0.4, 0.5) is 0 Å². The first-order valence-electron chi connectivity index (χ1n) is 5.17. The lowest BCUT2D eigenvalue weighted by Crippen LogP contribution is -2.34. The van der Waals surface area contributed by atoms with Gasteiger partial charge >= 0.3 is 0 Å². The van der Waals surface area contributed by atoms with Crippen LogP contribution in [0.3, 0.4) is 0 Å². The van der Waals surface area contributed by atoms with Crippen molar-refractivity contribution < 1.29 is 9.53 Å². The average Bonchev–Trinajstić information content (AvgIpc) is 2.35. The molecule has 1 aromatic carbocycles. The van der Waals surface area contributed by atoms with Crippen LogP contribution >= 0.6 is 0 Å². The van der Waals surface area contributed by atoms with Crippen molar-refractivity contribution in [1.82, 2.24) is 4.90 Å². The van der Waals surface area contributed by atoms with Crippen LogP contribution in [0.25, 0.3) is 0 Å². The Hall–Kier alpha value is -1.51. The van der Waals surface area contributed by atoms with E-state index in [2.05, 4.69) is 0 Å². The number of nitrogens with zero attached hydrogens (tertiary/aromatic N) is 1. The van der Waals surface area contributed by atoms with Crippen molar-refractivity contribution in [3.63, 3.8) is 0 Å². The number of rotatable bonds is 0. The van der Waals surface area contributed by atoms with E-state index in [-0.39, 0.29) is 12.0 Å². The van der Waals surface area contributed by atoms with Crippen molar-refractivity contribution in [1.29, 1.82) is 0 Å².